The molecule has 0 aliphatic carbocycles. The van der Waals surface area contributed by atoms with Gasteiger partial charge in [-0.2, -0.15) is 0 Å². The fourth-order valence-electron chi connectivity index (χ4n) is 1.51. The number of rotatable bonds is 3. The largest absolute Gasteiger partial charge is 0.492 e. The van der Waals surface area contributed by atoms with Crippen LogP contribution in [0.2, 0.25) is 0 Å². The molecule has 0 saturated carbocycles. The van der Waals surface area contributed by atoms with Gasteiger partial charge in [-0.25, -0.2) is 0 Å². The van der Waals surface area contributed by atoms with Crippen molar-refractivity contribution < 1.29 is 9.47 Å². The van der Waals surface area contributed by atoms with E-state index in [9.17, 15) is 0 Å². The van der Waals surface area contributed by atoms with E-state index in [4.69, 9.17) is 9.47 Å². The lowest BCUT2D eigenvalue weighted by atomic mass is 10.1. The summed E-state index contributed by atoms with van der Waals surface area (Å²) in [6.07, 6.45) is 1.11. The molecule has 2 rings (SSSR count). The molecule has 0 aromatic heterocycles. The normalized spacial score (nSPS) is 20.5. The van der Waals surface area contributed by atoms with Crippen molar-refractivity contribution in [1.29, 1.82) is 0 Å². The van der Waals surface area contributed by atoms with Crippen molar-refractivity contribution in [2.45, 2.75) is 6.42 Å². The van der Waals surface area contributed by atoms with Crippen molar-refractivity contribution in [2.24, 2.45) is 5.92 Å². The van der Waals surface area contributed by atoms with Gasteiger partial charge in [0.1, 0.15) is 5.75 Å². The molecule has 0 amide bonds. The third-order valence-corrected chi connectivity index (χ3v) is 3.51. The van der Waals surface area contributed by atoms with Crippen LogP contribution in [-0.4, -0.2) is 19.8 Å². The average Bonchev–Trinajstić information content (AvgIpc) is 2.69. The molecule has 1 aliphatic rings. The van der Waals surface area contributed by atoms with Crippen molar-refractivity contribution in [1.82, 2.24) is 0 Å². The quantitative estimate of drug-likeness (QED) is 0.839. The van der Waals surface area contributed by atoms with Gasteiger partial charge in [0, 0.05) is 17.0 Å². The molecule has 1 fully saturated rings. The van der Waals surface area contributed by atoms with Crippen molar-refractivity contribution in [3.8, 4) is 5.75 Å². The topological polar surface area (TPSA) is 18.5 Å². The zero-order chi connectivity index (χ0) is 10.7. The second kappa shape index (κ2) is 5.32. The second-order valence-electron chi connectivity index (χ2n) is 3.62. The minimum Gasteiger partial charge on any atom is -0.492 e. The molecule has 0 radical (unpaired) electrons. The second-order valence-corrected chi connectivity index (χ2v) is 5.39. The SMILES string of the molecule is Brc1ccc(OCC2CCOC2)c(Br)c1. The molecular formula is C11H12Br2O2. The number of halogens is 2. The van der Waals surface area contributed by atoms with E-state index in [0.717, 1.165) is 40.9 Å². The first kappa shape index (κ1) is 11.4. The van der Waals surface area contributed by atoms with Crippen molar-refractivity contribution >= 4 is 31.9 Å². The van der Waals surface area contributed by atoms with Gasteiger partial charge in [-0.15, -0.1) is 0 Å². The summed E-state index contributed by atoms with van der Waals surface area (Å²) in [6, 6.07) is 5.93. The highest BCUT2D eigenvalue weighted by Gasteiger charge is 2.16. The van der Waals surface area contributed by atoms with E-state index in [1.165, 1.54) is 0 Å². The van der Waals surface area contributed by atoms with Crippen LogP contribution in [0.1, 0.15) is 6.42 Å². The van der Waals surface area contributed by atoms with Crippen LogP contribution in [0.15, 0.2) is 27.1 Å². The van der Waals surface area contributed by atoms with E-state index in [1.807, 2.05) is 18.2 Å². The van der Waals surface area contributed by atoms with Gasteiger partial charge in [0.2, 0.25) is 0 Å². The number of hydrogen-bond donors (Lipinski definition) is 0. The van der Waals surface area contributed by atoms with E-state index >= 15 is 0 Å². The van der Waals surface area contributed by atoms with Crippen LogP contribution in [0.4, 0.5) is 0 Å². The smallest absolute Gasteiger partial charge is 0.133 e. The third-order valence-electron chi connectivity index (χ3n) is 2.39. The van der Waals surface area contributed by atoms with Crippen LogP contribution >= 0.6 is 31.9 Å². The molecule has 1 saturated heterocycles. The molecule has 1 aromatic carbocycles. The first-order chi connectivity index (χ1) is 7.25. The lowest BCUT2D eigenvalue weighted by molar-refractivity contribution is 0.167. The number of hydrogen-bond acceptors (Lipinski definition) is 2. The minimum atomic E-state index is 0.542. The Labute approximate surface area is 106 Å². The van der Waals surface area contributed by atoms with Gasteiger partial charge < -0.3 is 9.47 Å². The van der Waals surface area contributed by atoms with Crippen LogP contribution in [0.25, 0.3) is 0 Å². The molecule has 0 N–H and O–H groups in total. The van der Waals surface area contributed by atoms with Crippen LogP contribution in [0, 0.1) is 5.92 Å². The summed E-state index contributed by atoms with van der Waals surface area (Å²) in [5.41, 5.74) is 0. The van der Waals surface area contributed by atoms with Crippen LogP contribution in [0.3, 0.4) is 0 Å². The Morgan fingerprint density at radius 3 is 2.93 bits per heavy atom. The Hall–Kier alpha value is -0.0600. The van der Waals surface area contributed by atoms with E-state index in [2.05, 4.69) is 31.9 Å². The van der Waals surface area contributed by atoms with Crippen LogP contribution < -0.4 is 4.74 Å². The summed E-state index contributed by atoms with van der Waals surface area (Å²) in [5, 5.41) is 0. The molecule has 4 heteroatoms. The first-order valence-corrected chi connectivity index (χ1v) is 6.50. The molecule has 0 spiro atoms. The van der Waals surface area contributed by atoms with Gasteiger partial charge in [-0.3, -0.25) is 0 Å². The number of ether oxygens (including phenoxy) is 2. The zero-order valence-electron chi connectivity index (χ0n) is 8.21. The van der Waals surface area contributed by atoms with Crippen molar-refractivity contribution in [3.63, 3.8) is 0 Å². The summed E-state index contributed by atoms with van der Waals surface area (Å²) in [5.74, 6) is 1.44. The van der Waals surface area contributed by atoms with E-state index in [0.29, 0.717) is 5.92 Å². The molecule has 1 heterocycles. The third kappa shape index (κ3) is 3.20. The van der Waals surface area contributed by atoms with Gasteiger partial charge in [-0.1, -0.05) is 15.9 Å². The van der Waals surface area contributed by atoms with Gasteiger partial charge in [0.05, 0.1) is 17.7 Å². The summed E-state index contributed by atoms with van der Waals surface area (Å²) < 4.78 is 13.1. The molecule has 1 aliphatic heterocycles. The van der Waals surface area contributed by atoms with E-state index in [-0.39, 0.29) is 0 Å². The molecule has 15 heavy (non-hydrogen) atoms. The standard InChI is InChI=1S/C11H12Br2O2/c12-9-1-2-11(10(13)5-9)15-7-8-3-4-14-6-8/h1-2,5,8H,3-4,6-7H2. The summed E-state index contributed by atoms with van der Waals surface area (Å²) in [7, 11) is 0. The average molecular weight is 336 g/mol. The molecule has 1 aromatic rings. The Morgan fingerprint density at radius 2 is 2.27 bits per heavy atom. The summed E-state index contributed by atoms with van der Waals surface area (Å²) >= 11 is 6.88. The molecule has 0 bridgehead atoms. The summed E-state index contributed by atoms with van der Waals surface area (Å²) in [4.78, 5) is 0. The maximum atomic E-state index is 5.73. The predicted molar refractivity (Wildman–Crippen MR) is 66.3 cm³/mol. The Balaban J connectivity index is 1.92. The Morgan fingerprint density at radius 1 is 1.40 bits per heavy atom. The zero-order valence-corrected chi connectivity index (χ0v) is 11.4. The Kier molecular flexibility index (Phi) is 4.05. The van der Waals surface area contributed by atoms with Gasteiger partial charge in [-0.05, 0) is 40.5 Å². The monoisotopic (exact) mass is 334 g/mol. The molecule has 1 unspecified atom stereocenters. The van der Waals surface area contributed by atoms with Crippen LogP contribution in [-0.2, 0) is 4.74 Å². The van der Waals surface area contributed by atoms with Crippen molar-refractivity contribution in [3.05, 3.63) is 27.1 Å². The lowest BCUT2D eigenvalue weighted by Crippen LogP contribution is -2.11. The van der Waals surface area contributed by atoms with Crippen molar-refractivity contribution in [2.75, 3.05) is 19.8 Å². The van der Waals surface area contributed by atoms with E-state index in [1.54, 1.807) is 0 Å². The predicted octanol–water partition coefficient (Wildman–Crippen LogP) is 3.63. The highest BCUT2D eigenvalue weighted by Crippen LogP contribution is 2.29. The molecular weight excluding hydrogens is 324 g/mol. The van der Waals surface area contributed by atoms with Gasteiger partial charge in [0.25, 0.3) is 0 Å². The maximum absolute atomic E-state index is 5.73. The van der Waals surface area contributed by atoms with Gasteiger partial charge >= 0.3 is 0 Å². The Bertz CT molecular complexity index is 335. The fraction of sp³-hybridized carbons (Fsp3) is 0.455. The maximum Gasteiger partial charge on any atom is 0.133 e. The van der Waals surface area contributed by atoms with Gasteiger partial charge in [0.15, 0.2) is 0 Å². The van der Waals surface area contributed by atoms with E-state index < -0.39 is 0 Å². The highest BCUT2D eigenvalue weighted by atomic mass is 79.9. The lowest BCUT2D eigenvalue weighted by Gasteiger charge is -2.11. The fourth-order valence-corrected chi connectivity index (χ4v) is 2.68. The summed E-state index contributed by atoms with van der Waals surface area (Å²) in [6.45, 7) is 2.43. The number of benzene rings is 1. The molecule has 1 atom stereocenters. The molecule has 2 nitrogen and oxygen atoms in total. The molecule has 82 valence electrons. The minimum absolute atomic E-state index is 0.542. The highest BCUT2D eigenvalue weighted by molar-refractivity contribution is 9.11. The first-order valence-electron chi connectivity index (χ1n) is 4.91. The van der Waals surface area contributed by atoms with Crippen LogP contribution in [0.5, 0.6) is 5.75 Å².